The molecular formula is C27H23N4S+. The van der Waals surface area contributed by atoms with Gasteiger partial charge in [0, 0.05) is 17.5 Å². The summed E-state index contributed by atoms with van der Waals surface area (Å²) in [5.41, 5.74) is 12.5. The Balaban J connectivity index is 1.83. The molecule has 5 heteroatoms. The predicted molar refractivity (Wildman–Crippen MR) is 131 cm³/mol. The first kappa shape index (κ1) is 20.2. The van der Waals surface area contributed by atoms with Crippen molar-refractivity contribution in [3.8, 4) is 38.8 Å². The molecule has 0 radical (unpaired) electrons. The zero-order chi connectivity index (χ0) is 21.8. The normalized spacial score (nSPS) is 10.9. The summed E-state index contributed by atoms with van der Waals surface area (Å²) in [6.45, 7) is 0.559. The van der Waals surface area contributed by atoms with Gasteiger partial charge in [0.05, 0.1) is 5.10 Å². The van der Waals surface area contributed by atoms with Crippen LogP contribution in [0.5, 0.6) is 0 Å². The van der Waals surface area contributed by atoms with Crippen molar-refractivity contribution >= 4 is 11.3 Å². The monoisotopic (exact) mass is 435 g/mol. The lowest BCUT2D eigenvalue weighted by molar-refractivity contribution is -0.571. The van der Waals surface area contributed by atoms with E-state index in [4.69, 9.17) is 5.73 Å². The molecule has 2 heterocycles. The average Bonchev–Trinajstić information content (AvgIpc) is 3.33. The van der Waals surface area contributed by atoms with E-state index in [9.17, 15) is 0 Å². The number of benzene rings is 3. The molecule has 0 aliphatic carbocycles. The molecule has 32 heavy (non-hydrogen) atoms. The molecule has 0 atom stereocenters. The van der Waals surface area contributed by atoms with E-state index in [0.29, 0.717) is 6.54 Å². The van der Waals surface area contributed by atoms with Gasteiger partial charge in [-0.05, 0) is 46.2 Å². The van der Waals surface area contributed by atoms with Crippen LogP contribution in [0.2, 0.25) is 0 Å². The molecule has 0 fully saturated rings. The van der Waals surface area contributed by atoms with Gasteiger partial charge in [0.15, 0.2) is 0 Å². The number of nitrogens with two attached hydrogens (primary N) is 1. The highest BCUT2D eigenvalue weighted by Crippen LogP contribution is 2.30. The molecule has 0 saturated heterocycles. The van der Waals surface area contributed by atoms with Crippen LogP contribution < -0.4 is 10.3 Å². The van der Waals surface area contributed by atoms with Gasteiger partial charge in [-0.3, -0.25) is 0 Å². The van der Waals surface area contributed by atoms with Crippen LogP contribution in [-0.4, -0.2) is 16.7 Å². The summed E-state index contributed by atoms with van der Waals surface area (Å²) >= 11 is 1.59. The van der Waals surface area contributed by atoms with Gasteiger partial charge in [-0.2, -0.15) is 4.57 Å². The fraction of sp³-hybridized carbons (Fsp3) is 0.0741. The summed E-state index contributed by atoms with van der Waals surface area (Å²) in [4.78, 5) is 0. The summed E-state index contributed by atoms with van der Waals surface area (Å²) < 4.78 is 2.22. The van der Waals surface area contributed by atoms with Crippen molar-refractivity contribution < 1.29 is 4.57 Å². The van der Waals surface area contributed by atoms with Gasteiger partial charge in [-0.1, -0.05) is 91.0 Å². The van der Waals surface area contributed by atoms with Gasteiger partial charge in [-0.25, -0.2) is 0 Å². The van der Waals surface area contributed by atoms with Crippen molar-refractivity contribution in [3.05, 3.63) is 108 Å². The second kappa shape index (κ2) is 9.22. The van der Waals surface area contributed by atoms with Crippen LogP contribution >= 0.6 is 11.3 Å². The molecule has 0 aliphatic rings. The molecule has 5 rings (SSSR count). The third-order valence-electron chi connectivity index (χ3n) is 5.32. The van der Waals surface area contributed by atoms with Crippen LogP contribution in [0.1, 0.15) is 5.01 Å². The van der Waals surface area contributed by atoms with E-state index in [-0.39, 0.29) is 0 Å². The third-order valence-corrected chi connectivity index (χ3v) is 6.29. The lowest BCUT2D eigenvalue weighted by Crippen LogP contribution is -2.36. The molecule has 5 aromatic rings. The molecule has 0 bridgehead atoms. The number of hydrogen-bond donors (Lipinski definition) is 1. The third kappa shape index (κ3) is 4.08. The standard InChI is InChI=1S/C27H23N4S/c28-17-16-26-29-30-27(32-26)31-24(21-12-6-2-7-13-21)18-23(20-10-4-1-5-11-20)19-25(31)22-14-8-3-9-15-22/h1-15,18-19H,16-17,28H2/q+1. The van der Waals surface area contributed by atoms with Crippen LogP contribution in [-0.2, 0) is 6.42 Å². The zero-order valence-corrected chi connectivity index (χ0v) is 18.4. The van der Waals surface area contributed by atoms with E-state index in [1.54, 1.807) is 11.3 Å². The van der Waals surface area contributed by atoms with Gasteiger partial charge in [-0.15, -0.1) is 0 Å². The lowest BCUT2D eigenvalue weighted by Gasteiger charge is -2.13. The molecule has 3 aromatic carbocycles. The minimum absolute atomic E-state index is 0.559. The van der Waals surface area contributed by atoms with E-state index < -0.39 is 0 Å². The van der Waals surface area contributed by atoms with Crippen LogP contribution in [0.4, 0.5) is 0 Å². The molecule has 0 aliphatic heterocycles. The van der Waals surface area contributed by atoms with Crippen molar-refractivity contribution in [3.63, 3.8) is 0 Å². The Labute approximate surface area is 191 Å². The molecular weight excluding hydrogens is 412 g/mol. The van der Waals surface area contributed by atoms with Gasteiger partial charge in [0.2, 0.25) is 0 Å². The number of aromatic nitrogens is 3. The van der Waals surface area contributed by atoms with Crippen LogP contribution in [0.25, 0.3) is 38.8 Å². The van der Waals surface area contributed by atoms with Crippen LogP contribution in [0.3, 0.4) is 0 Å². The first-order valence-electron chi connectivity index (χ1n) is 10.6. The van der Waals surface area contributed by atoms with E-state index in [1.807, 2.05) is 18.2 Å². The lowest BCUT2D eigenvalue weighted by atomic mass is 9.99. The molecule has 0 spiro atoms. The van der Waals surface area contributed by atoms with Crippen molar-refractivity contribution in [1.82, 2.24) is 10.2 Å². The van der Waals surface area contributed by atoms with E-state index in [2.05, 4.69) is 99.7 Å². The Kier molecular flexibility index (Phi) is 5.83. The summed E-state index contributed by atoms with van der Waals surface area (Å²) in [6.07, 6.45) is 0.724. The molecule has 2 N–H and O–H groups in total. The van der Waals surface area contributed by atoms with Crippen molar-refractivity contribution in [1.29, 1.82) is 0 Å². The fourth-order valence-corrected chi connectivity index (χ4v) is 4.68. The van der Waals surface area contributed by atoms with Gasteiger partial charge >= 0.3 is 5.13 Å². The first-order valence-corrected chi connectivity index (χ1v) is 11.4. The molecule has 0 amide bonds. The van der Waals surface area contributed by atoms with Crippen molar-refractivity contribution in [2.45, 2.75) is 6.42 Å². The first-order chi connectivity index (χ1) is 15.8. The quantitative estimate of drug-likeness (QED) is 0.367. The summed E-state index contributed by atoms with van der Waals surface area (Å²) in [7, 11) is 0. The number of pyridine rings is 1. The highest BCUT2D eigenvalue weighted by molar-refractivity contribution is 7.13. The van der Waals surface area contributed by atoms with Gasteiger partial charge in [0.25, 0.3) is 0 Å². The second-order valence-corrected chi connectivity index (χ2v) is 8.51. The molecule has 0 saturated carbocycles. The molecule has 0 unspecified atom stereocenters. The summed E-state index contributed by atoms with van der Waals surface area (Å²) in [5.74, 6) is 0. The Hall–Kier alpha value is -3.67. The summed E-state index contributed by atoms with van der Waals surface area (Å²) in [6, 6.07) is 35.8. The predicted octanol–water partition coefficient (Wildman–Crippen LogP) is 5.32. The van der Waals surface area contributed by atoms with Gasteiger partial charge < -0.3 is 5.73 Å². The maximum absolute atomic E-state index is 5.77. The molecule has 2 aromatic heterocycles. The Morgan fingerprint density at radius 1 is 0.625 bits per heavy atom. The maximum Gasteiger partial charge on any atom is 0.415 e. The van der Waals surface area contributed by atoms with Crippen LogP contribution in [0, 0.1) is 0 Å². The second-order valence-electron chi connectivity index (χ2n) is 7.47. The maximum atomic E-state index is 5.77. The molecule has 4 nitrogen and oxygen atoms in total. The van der Waals surface area contributed by atoms with Crippen molar-refractivity contribution in [2.75, 3.05) is 6.54 Å². The van der Waals surface area contributed by atoms with E-state index in [1.165, 1.54) is 5.56 Å². The van der Waals surface area contributed by atoms with Crippen molar-refractivity contribution in [2.24, 2.45) is 5.73 Å². The number of hydrogen-bond acceptors (Lipinski definition) is 4. The average molecular weight is 436 g/mol. The molecule has 156 valence electrons. The Bertz CT molecular complexity index is 1260. The Morgan fingerprint density at radius 3 is 1.62 bits per heavy atom. The van der Waals surface area contributed by atoms with E-state index in [0.717, 1.165) is 44.6 Å². The smallest absolute Gasteiger partial charge is 0.330 e. The van der Waals surface area contributed by atoms with E-state index >= 15 is 0 Å². The topological polar surface area (TPSA) is 55.7 Å². The zero-order valence-electron chi connectivity index (χ0n) is 17.6. The minimum atomic E-state index is 0.559. The minimum Gasteiger partial charge on any atom is -0.330 e. The SMILES string of the molecule is NCCc1nnc(-[n+]2c(-c3ccccc3)cc(-c3ccccc3)cc2-c2ccccc2)s1. The number of nitrogens with zero attached hydrogens (tertiary/aromatic N) is 3. The van der Waals surface area contributed by atoms with Crippen LogP contribution in [0.15, 0.2) is 103 Å². The fourth-order valence-electron chi connectivity index (χ4n) is 3.80. The highest BCUT2D eigenvalue weighted by atomic mass is 32.1. The summed E-state index contributed by atoms with van der Waals surface area (Å²) in [5, 5.41) is 10.7. The largest absolute Gasteiger partial charge is 0.415 e. The number of rotatable bonds is 6. The highest BCUT2D eigenvalue weighted by Gasteiger charge is 2.26. The Morgan fingerprint density at radius 2 is 1.12 bits per heavy atom. The van der Waals surface area contributed by atoms with Gasteiger partial charge in [0.1, 0.15) is 16.4 Å².